The summed E-state index contributed by atoms with van der Waals surface area (Å²) in [6.07, 6.45) is 1.56. The molecule has 0 aliphatic rings. The van der Waals surface area contributed by atoms with E-state index in [1.165, 1.54) is 0 Å². The minimum Gasteiger partial charge on any atom is -0.283 e. The van der Waals surface area contributed by atoms with Gasteiger partial charge in [0.25, 0.3) is 0 Å². The van der Waals surface area contributed by atoms with Gasteiger partial charge in [0.15, 0.2) is 14.9 Å². The van der Waals surface area contributed by atoms with Crippen LogP contribution in [0.4, 0.5) is 5.69 Å². The molecule has 1 N–H and O–H groups in total. The van der Waals surface area contributed by atoms with Gasteiger partial charge in [0.2, 0.25) is 10.0 Å². The SMILES string of the molecule is CS(=O)(=O)CS(=O)(=O)Nc1ccc(CCCl)cc1. The van der Waals surface area contributed by atoms with E-state index in [9.17, 15) is 16.8 Å². The lowest BCUT2D eigenvalue weighted by Gasteiger charge is -2.07. The van der Waals surface area contributed by atoms with Crippen LogP contribution >= 0.6 is 11.6 Å². The molecule has 1 aromatic carbocycles. The van der Waals surface area contributed by atoms with Crippen molar-refractivity contribution in [3.63, 3.8) is 0 Å². The summed E-state index contributed by atoms with van der Waals surface area (Å²) in [5.41, 5.74) is 1.31. The molecule has 1 rings (SSSR count). The predicted molar refractivity (Wildman–Crippen MR) is 73.1 cm³/mol. The van der Waals surface area contributed by atoms with E-state index in [4.69, 9.17) is 11.6 Å². The number of benzene rings is 1. The molecule has 0 radical (unpaired) electrons. The van der Waals surface area contributed by atoms with Crippen molar-refractivity contribution in [2.24, 2.45) is 0 Å². The number of sulfone groups is 1. The Hall–Kier alpha value is -0.790. The highest BCUT2D eigenvalue weighted by molar-refractivity contribution is 8.08. The average Bonchev–Trinajstić information content (AvgIpc) is 2.17. The van der Waals surface area contributed by atoms with Crippen LogP contribution in [0.5, 0.6) is 0 Å². The Kier molecular flexibility index (Phi) is 5.01. The van der Waals surface area contributed by atoms with Gasteiger partial charge in [-0.25, -0.2) is 16.8 Å². The summed E-state index contributed by atoms with van der Waals surface area (Å²) in [5, 5.41) is -0.927. The van der Waals surface area contributed by atoms with E-state index in [0.29, 0.717) is 18.0 Å². The number of alkyl halides is 1. The molecule has 0 spiro atoms. The number of sulfonamides is 1. The molecule has 0 aliphatic heterocycles. The van der Waals surface area contributed by atoms with E-state index in [1.807, 2.05) is 0 Å². The van der Waals surface area contributed by atoms with Crippen LogP contribution in [0.25, 0.3) is 0 Å². The van der Waals surface area contributed by atoms with Crippen LogP contribution in [-0.4, -0.2) is 34.1 Å². The Morgan fingerprint density at radius 2 is 1.67 bits per heavy atom. The highest BCUT2D eigenvalue weighted by atomic mass is 35.5. The molecule has 0 amide bonds. The van der Waals surface area contributed by atoms with Gasteiger partial charge in [-0.15, -0.1) is 11.6 Å². The maximum atomic E-state index is 11.5. The van der Waals surface area contributed by atoms with E-state index in [0.717, 1.165) is 11.8 Å². The Morgan fingerprint density at radius 1 is 1.11 bits per heavy atom. The third-order valence-corrected chi connectivity index (χ3v) is 5.67. The number of nitrogens with one attached hydrogen (secondary N) is 1. The van der Waals surface area contributed by atoms with Crippen molar-refractivity contribution >= 4 is 37.1 Å². The van der Waals surface area contributed by atoms with Crippen molar-refractivity contribution in [2.45, 2.75) is 6.42 Å². The lowest BCUT2D eigenvalue weighted by Crippen LogP contribution is -2.22. The maximum Gasteiger partial charge on any atom is 0.247 e. The number of hydrogen-bond donors (Lipinski definition) is 1. The first-order valence-electron chi connectivity index (χ1n) is 5.05. The number of hydrogen-bond acceptors (Lipinski definition) is 4. The molecule has 0 atom stereocenters. The molecule has 0 bridgehead atoms. The molecular weight excluding hydrogens is 298 g/mol. The smallest absolute Gasteiger partial charge is 0.247 e. The van der Waals surface area contributed by atoms with Crippen LogP contribution in [0, 0.1) is 0 Å². The average molecular weight is 312 g/mol. The van der Waals surface area contributed by atoms with Crippen molar-refractivity contribution in [2.75, 3.05) is 21.9 Å². The van der Waals surface area contributed by atoms with Crippen molar-refractivity contribution in [3.05, 3.63) is 29.8 Å². The molecule has 1 aromatic rings. The van der Waals surface area contributed by atoms with Crippen molar-refractivity contribution in [3.8, 4) is 0 Å². The Balaban J connectivity index is 2.79. The van der Waals surface area contributed by atoms with E-state index in [2.05, 4.69) is 4.72 Å². The molecule has 0 heterocycles. The fourth-order valence-corrected chi connectivity index (χ4v) is 4.54. The van der Waals surface area contributed by atoms with Crippen LogP contribution in [0.3, 0.4) is 0 Å². The van der Waals surface area contributed by atoms with Gasteiger partial charge in [0, 0.05) is 17.8 Å². The van der Waals surface area contributed by atoms with Gasteiger partial charge in [-0.1, -0.05) is 12.1 Å². The first-order valence-corrected chi connectivity index (χ1v) is 9.30. The van der Waals surface area contributed by atoms with Gasteiger partial charge >= 0.3 is 0 Å². The zero-order chi connectivity index (χ0) is 13.8. The fourth-order valence-electron chi connectivity index (χ4n) is 1.34. The minimum atomic E-state index is -3.88. The molecule has 8 heteroatoms. The van der Waals surface area contributed by atoms with Crippen LogP contribution in [-0.2, 0) is 26.3 Å². The molecule has 0 saturated carbocycles. The summed E-state index contributed by atoms with van der Waals surface area (Å²) >= 11 is 5.58. The summed E-state index contributed by atoms with van der Waals surface area (Å²) in [6, 6.07) is 6.62. The topological polar surface area (TPSA) is 80.3 Å². The number of anilines is 1. The normalized spacial score (nSPS) is 12.3. The number of rotatable bonds is 6. The third kappa shape index (κ3) is 5.70. The van der Waals surface area contributed by atoms with E-state index < -0.39 is 24.9 Å². The monoisotopic (exact) mass is 311 g/mol. The standard InChI is InChI=1S/C10H14ClNO4S2/c1-17(13,14)8-18(15,16)12-10-4-2-9(3-5-10)6-7-11/h2-5,12H,6-8H2,1H3. The molecule has 0 aliphatic carbocycles. The highest BCUT2D eigenvalue weighted by Gasteiger charge is 2.17. The van der Waals surface area contributed by atoms with Crippen LogP contribution < -0.4 is 4.72 Å². The molecule has 0 aromatic heterocycles. The molecule has 102 valence electrons. The zero-order valence-electron chi connectivity index (χ0n) is 9.76. The van der Waals surface area contributed by atoms with Crippen molar-refractivity contribution < 1.29 is 16.8 Å². The summed E-state index contributed by atoms with van der Waals surface area (Å²) in [4.78, 5) is 0. The summed E-state index contributed by atoms with van der Waals surface area (Å²) in [6.45, 7) is 0. The zero-order valence-corrected chi connectivity index (χ0v) is 12.1. The van der Waals surface area contributed by atoms with E-state index in [1.54, 1.807) is 24.3 Å². The minimum absolute atomic E-state index is 0.331. The van der Waals surface area contributed by atoms with Crippen molar-refractivity contribution in [1.29, 1.82) is 0 Å². The quantitative estimate of drug-likeness (QED) is 0.801. The number of halogens is 1. The van der Waals surface area contributed by atoms with Gasteiger partial charge in [-0.05, 0) is 24.1 Å². The summed E-state index contributed by atoms with van der Waals surface area (Å²) < 4.78 is 47.1. The van der Waals surface area contributed by atoms with E-state index in [-0.39, 0.29) is 0 Å². The molecule has 0 unspecified atom stereocenters. The van der Waals surface area contributed by atoms with Gasteiger partial charge in [0.05, 0.1) is 0 Å². The molecular formula is C10H14ClNO4S2. The van der Waals surface area contributed by atoms with Gasteiger partial charge in [-0.2, -0.15) is 0 Å². The summed E-state index contributed by atoms with van der Waals surface area (Å²) in [7, 11) is -7.47. The Morgan fingerprint density at radius 3 is 2.11 bits per heavy atom. The third-order valence-electron chi connectivity index (χ3n) is 1.98. The van der Waals surface area contributed by atoms with Gasteiger partial charge < -0.3 is 0 Å². The molecule has 5 nitrogen and oxygen atoms in total. The van der Waals surface area contributed by atoms with Crippen LogP contribution in [0.1, 0.15) is 5.56 Å². The lowest BCUT2D eigenvalue weighted by atomic mass is 10.2. The fraction of sp³-hybridized carbons (Fsp3) is 0.400. The van der Waals surface area contributed by atoms with Crippen LogP contribution in [0.15, 0.2) is 24.3 Å². The highest BCUT2D eigenvalue weighted by Crippen LogP contribution is 2.12. The second-order valence-electron chi connectivity index (χ2n) is 3.90. The van der Waals surface area contributed by atoms with Crippen LogP contribution in [0.2, 0.25) is 0 Å². The van der Waals surface area contributed by atoms with E-state index >= 15 is 0 Å². The second-order valence-corrected chi connectivity index (χ2v) is 8.50. The Labute approximate surface area is 112 Å². The summed E-state index contributed by atoms with van der Waals surface area (Å²) in [5.74, 6) is 0.485. The molecule has 0 saturated heterocycles. The van der Waals surface area contributed by atoms with Gasteiger partial charge in [-0.3, -0.25) is 4.72 Å². The number of aryl methyl sites for hydroxylation is 1. The predicted octanol–water partition coefficient (Wildman–Crippen LogP) is 1.21. The molecule has 18 heavy (non-hydrogen) atoms. The van der Waals surface area contributed by atoms with Crippen molar-refractivity contribution in [1.82, 2.24) is 0 Å². The Bertz CT molecular complexity index is 593. The van der Waals surface area contributed by atoms with Gasteiger partial charge in [0.1, 0.15) is 0 Å². The first kappa shape index (κ1) is 15.3. The lowest BCUT2D eigenvalue weighted by molar-refractivity contribution is 0.595. The first-order chi connectivity index (χ1) is 8.22. The maximum absolute atomic E-state index is 11.5. The second kappa shape index (κ2) is 5.90. The largest absolute Gasteiger partial charge is 0.283 e. The molecule has 0 fully saturated rings.